The van der Waals surface area contributed by atoms with Crippen LogP contribution in [0.15, 0.2) is 30.3 Å². The number of nitrogens with zero attached hydrogens (tertiary/aromatic N) is 1. The minimum Gasteiger partial charge on any atom is -0.492 e. The van der Waals surface area contributed by atoms with E-state index in [9.17, 15) is 31.5 Å². The maximum Gasteiger partial charge on any atom is 0.586 e. The number of aliphatic carboxylic acids is 1. The molecule has 1 amide bonds. The highest BCUT2D eigenvalue weighted by Crippen LogP contribution is 2.50. The van der Waals surface area contributed by atoms with Gasteiger partial charge >= 0.3 is 18.6 Å². The van der Waals surface area contributed by atoms with E-state index < -0.39 is 47.8 Å². The smallest absolute Gasteiger partial charge is 0.492 e. The number of benzene rings is 2. The van der Waals surface area contributed by atoms with E-state index in [1.54, 1.807) is 11.8 Å². The molecule has 0 aliphatic carbocycles. The molecule has 2 aromatic carbocycles. The molecule has 0 unspecified atom stereocenters. The molecule has 0 bridgehead atoms. The Morgan fingerprint density at radius 1 is 1.07 bits per heavy atom. The van der Waals surface area contributed by atoms with Gasteiger partial charge < -0.3 is 34.1 Å². The van der Waals surface area contributed by atoms with Crippen LogP contribution in [0.2, 0.25) is 0 Å². The molecule has 4 aliphatic rings. The van der Waals surface area contributed by atoms with Crippen LogP contribution in [-0.2, 0) is 15.0 Å². The molecule has 4 heterocycles. The summed E-state index contributed by atoms with van der Waals surface area (Å²) in [5.41, 5.74) is -0.565. The SMILES string of the molecule is C[C@]1(C(=O)N[C@@H]2C[C@H](C3CCN(CC(=O)O)CC3)Oc3cc(OC(F)(F)F)ccc32)COc2cc3c(cc21)OC(F)(F)O3. The van der Waals surface area contributed by atoms with Crippen LogP contribution in [0.4, 0.5) is 22.0 Å². The first-order valence-electron chi connectivity index (χ1n) is 13.6. The van der Waals surface area contributed by atoms with Gasteiger partial charge in [0.1, 0.15) is 35.4 Å². The Balaban J connectivity index is 1.25. The van der Waals surface area contributed by atoms with Crippen LogP contribution in [0, 0.1) is 5.92 Å². The Labute approximate surface area is 241 Å². The van der Waals surface area contributed by atoms with Crippen molar-refractivity contribution in [3.05, 3.63) is 41.5 Å². The number of fused-ring (bicyclic) bond motifs is 3. The molecule has 15 heteroatoms. The van der Waals surface area contributed by atoms with E-state index in [0.717, 1.165) is 12.1 Å². The van der Waals surface area contributed by atoms with Crippen molar-refractivity contribution in [1.82, 2.24) is 10.2 Å². The fourth-order valence-electron chi connectivity index (χ4n) is 6.11. The second kappa shape index (κ2) is 10.3. The standard InChI is InChI=1S/C28H27F5N2O8/c1-26(13-39-21-11-23-22(9-17(21)26)42-28(32,33)43-23)25(38)34-18-10-19(14-4-6-35(7-5-14)12-24(36)37)40-20-8-15(2-3-16(18)20)41-27(29,30)31/h2-3,8-9,11,14,18-19H,4-7,10,12-13H2,1H3,(H,34,38)(H,36,37)/t18-,19-,26+/m1/s1. The lowest BCUT2D eigenvalue weighted by Gasteiger charge is -2.40. The molecule has 43 heavy (non-hydrogen) atoms. The predicted molar refractivity (Wildman–Crippen MR) is 135 cm³/mol. The lowest BCUT2D eigenvalue weighted by atomic mass is 9.81. The number of carbonyl (C=O) groups excluding carboxylic acids is 1. The molecule has 2 aromatic rings. The van der Waals surface area contributed by atoms with Crippen LogP contribution in [-0.4, -0.2) is 66.9 Å². The zero-order valence-electron chi connectivity index (χ0n) is 22.7. The molecule has 0 spiro atoms. The van der Waals surface area contributed by atoms with Crippen LogP contribution in [0.5, 0.6) is 28.7 Å². The van der Waals surface area contributed by atoms with E-state index in [4.69, 9.17) is 14.6 Å². The molecular formula is C28H27F5N2O8. The Bertz CT molecular complexity index is 1440. The normalized spacial score (nSPS) is 26.1. The lowest BCUT2D eigenvalue weighted by molar-refractivity contribution is -0.286. The van der Waals surface area contributed by atoms with Gasteiger partial charge in [0.2, 0.25) is 5.91 Å². The summed E-state index contributed by atoms with van der Waals surface area (Å²) in [6.07, 6.45) is -7.81. The third kappa shape index (κ3) is 5.82. The van der Waals surface area contributed by atoms with Crippen LogP contribution in [0.1, 0.15) is 43.4 Å². The van der Waals surface area contributed by atoms with E-state index in [0.29, 0.717) is 43.5 Å². The van der Waals surface area contributed by atoms with Gasteiger partial charge in [-0.05, 0) is 57.0 Å². The quantitative estimate of drug-likeness (QED) is 0.458. The minimum atomic E-state index is -4.92. The summed E-state index contributed by atoms with van der Waals surface area (Å²) in [6, 6.07) is 5.50. The molecule has 3 atom stereocenters. The summed E-state index contributed by atoms with van der Waals surface area (Å²) >= 11 is 0. The van der Waals surface area contributed by atoms with Gasteiger partial charge in [0.25, 0.3) is 0 Å². The zero-order chi connectivity index (χ0) is 30.7. The number of carboxylic acids is 1. The van der Waals surface area contributed by atoms with E-state index in [2.05, 4.69) is 19.5 Å². The van der Waals surface area contributed by atoms with E-state index in [-0.39, 0.29) is 42.1 Å². The monoisotopic (exact) mass is 614 g/mol. The van der Waals surface area contributed by atoms with Crippen LogP contribution in [0.3, 0.4) is 0 Å². The summed E-state index contributed by atoms with van der Waals surface area (Å²) in [7, 11) is 0. The van der Waals surface area contributed by atoms with Crippen molar-refractivity contribution in [2.75, 3.05) is 26.2 Å². The highest BCUT2D eigenvalue weighted by molar-refractivity contribution is 5.90. The predicted octanol–water partition coefficient (Wildman–Crippen LogP) is 4.36. The molecule has 6 rings (SSSR count). The molecular weight excluding hydrogens is 587 g/mol. The van der Waals surface area contributed by atoms with Gasteiger partial charge in [0, 0.05) is 29.7 Å². The largest absolute Gasteiger partial charge is 0.586 e. The number of alkyl halides is 5. The number of halogens is 5. The van der Waals surface area contributed by atoms with Crippen molar-refractivity contribution in [2.45, 2.75) is 56.4 Å². The first-order valence-corrected chi connectivity index (χ1v) is 13.6. The van der Waals surface area contributed by atoms with Gasteiger partial charge in [-0.3, -0.25) is 14.5 Å². The van der Waals surface area contributed by atoms with Gasteiger partial charge in [0.05, 0.1) is 12.6 Å². The Morgan fingerprint density at radius 3 is 2.44 bits per heavy atom. The van der Waals surface area contributed by atoms with Crippen molar-refractivity contribution in [3.63, 3.8) is 0 Å². The molecule has 232 valence electrons. The Kier molecular flexibility index (Phi) is 6.98. The molecule has 1 saturated heterocycles. The third-order valence-corrected chi connectivity index (χ3v) is 8.28. The van der Waals surface area contributed by atoms with E-state index >= 15 is 0 Å². The first kappa shape index (κ1) is 29.1. The number of nitrogens with one attached hydrogen (secondary N) is 1. The molecule has 0 saturated carbocycles. The number of rotatable bonds is 6. The minimum absolute atomic E-state index is 0.0580. The number of ether oxygens (including phenoxy) is 5. The van der Waals surface area contributed by atoms with Crippen molar-refractivity contribution < 1.29 is 60.3 Å². The average molecular weight is 615 g/mol. The van der Waals surface area contributed by atoms with Crippen molar-refractivity contribution in [2.24, 2.45) is 5.92 Å². The summed E-state index contributed by atoms with van der Waals surface area (Å²) in [5, 5.41) is 12.1. The number of hydrogen-bond acceptors (Lipinski definition) is 8. The van der Waals surface area contributed by atoms with Gasteiger partial charge in [0.15, 0.2) is 11.5 Å². The molecule has 10 nitrogen and oxygen atoms in total. The summed E-state index contributed by atoms with van der Waals surface area (Å²) in [5.74, 6) is -2.13. The third-order valence-electron chi connectivity index (χ3n) is 8.28. The molecule has 0 aromatic heterocycles. The van der Waals surface area contributed by atoms with Crippen molar-refractivity contribution >= 4 is 11.9 Å². The first-order chi connectivity index (χ1) is 20.2. The lowest BCUT2D eigenvalue weighted by Crippen LogP contribution is -2.48. The maximum absolute atomic E-state index is 13.8. The maximum atomic E-state index is 13.8. The molecule has 4 aliphatic heterocycles. The zero-order valence-corrected chi connectivity index (χ0v) is 22.7. The molecule has 1 fully saturated rings. The summed E-state index contributed by atoms with van der Waals surface area (Å²) in [4.78, 5) is 26.7. The van der Waals surface area contributed by atoms with E-state index in [1.165, 1.54) is 18.2 Å². The fraction of sp³-hybridized carbons (Fsp3) is 0.500. The van der Waals surface area contributed by atoms with Crippen LogP contribution < -0.4 is 29.0 Å². The topological polar surface area (TPSA) is 116 Å². The Morgan fingerprint density at radius 2 is 1.77 bits per heavy atom. The van der Waals surface area contributed by atoms with Crippen LogP contribution in [0.25, 0.3) is 0 Å². The van der Waals surface area contributed by atoms with Gasteiger partial charge in [-0.25, -0.2) is 0 Å². The second-order valence-corrected chi connectivity index (χ2v) is 11.3. The van der Waals surface area contributed by atoms with E-state index in [1.807, 2.05) is 0 Å². The summed E-state index contributed by atoms with van der Waals surface area (Å²) < 4.78 is 91.1. The highest BCUT2D eigenvalue weighted by atomic mass is 19.4. The average Bonchev–Trinajstić information content (AvgIpc) is 3.40. The highest BCUT2D eigenvalue weighted by Gasteiger charge is 2.50. The molecule has 2 N–H and O–H groups in total. The Hall–Kier alpha value is -4.01. The van der Waals surface area contributed by atoms with Crippen LogP contribution >= 0.6 is 0 Å². The number of carbonyl (C=O) groups is 2. The number of carboxylic acid groups (broad SMARTS) is 1. The number of amides is 1. The molecule has 0 radical (unpaired) electrons. The van der Waals surface area contributed by atoms with Crippen molar-refractivity contribution in [1.29, 1.82) is 0 Å². The van der Waals surface area contributed by atoms with Gasteiger partial charge in [-0.1, -0.05) is 0 Å². The van der Waals surface area contributed by atoms with Gasteiger partial charge in [-0.2, -0.15) is 0 Å². The number of piperidine rings is 1. The van der Waals surface area contributed by atoms with Crippen molar-refractivity contribution in [3.8, 4) is 28.7 Å². The number of hydrogen-bond donors (Lipinski definition) is 2. The second-order valence-electron chi connectivity index (χ2n) is 11.3. The fourth-order valence-corrected chi connectivity index (χ4v) is 6.11. The van der Waals surface area contributed by atoms with Gasteiger partial charge in [-0.15, -0.1) is 22.0 Å². The number of likely N-dealkylation sites (tertiary alicyclic amines) is 1. The summed E-state index contributed by atoms with van der Waals surface area (Å²) in [6.45, 7) is 2.38.